The van der Waals surface area contributed by atoms with Gasteiger partial charge in [-0.3, -0.25) is 19.2 Å². The Kier molecular flexibility index (Phi) is 5.35. The van der Waals surface area contributed by atoms with Crippen molar-refractivity contribution in [3.05, 3.63) is 60.2 Å². The Hall–Kier alpha value is -3.48. The molecule has 1 saturated heterocycles. The smallest absolute Gasteiger partial charge is 0.257 e. The predicted octanol–water partition coefficient (Wildman–Crippen LogP) is 2.51. The van der Waals surface area contributed by atoms with Crippen LogP contribution in [0.3, 0.4) is 0 Å². The summed E-state index contributed by atoms with van der Waals surface area (Å²) < 4.78 is 0. The number of carbonyl (C=O) groups is 4. The van der Waals surface area contributed by atoms with E-state index in [0.29, 0.717) is 11.4 Å². The van der Waals surface area contributed by atoms with Gasteiger partial charge in [0.2, 0.25) is 17.7 Å². The zero-order valence-corrected chi connectivity index (χ0v) is 16.7. The topological polar surface area (TPSA) is 86.8 Å². The maximum Gasteiger partial charge on any atom is 0.257 e. The van der Waals surface area contributed by atoms with Crippen molar-refractivity contribution >= 4 is 35.0 Å². The van der Waals surface area contributed by atoms with Crippen LogP contribution >= 0.6 is 0 Å². The van der Waals surface area contributed by atoms with Crippen molar-refractivity contribution in [3.63, 3.8) is 0 Å². The highest BCUT2D eigenvalue weighted by Crippen LogP contribution is 2.34. The number of nitrogens with one attached hydrogen (secondary N) is 1. The molecule has 7 nitrogen and oxygen atoms in total. The molecule has 0 aromatic heterocycles. The Morgan fingerprint density at radius 1 is 1.03 bits per heavy atom. The van der Waals surface area contributed by atoms with E-state index in [1.807, 2.05) is 30.3 Å². The summed E-state index contributed by atoms with van der Waals surface area (Å²) in [5.74, 6) is -1.03. The summed E-state index contributed by atoms with van der Waals surface area (Å²) in [5, 5.41) is 2.65. The zero-order valence-electron chi connectivity index (χ0n) is 16.7. The van der Waals surface area contributed by atoms with Crippen LogP contribution in [-0.2, 0) is 25.6 Å². The zero-order chi connectivity index (χ0) is 21.3. The van der Waals surface area contributed by atoms with Gasteiger partial charge < -0.3 is 10.2 Å². The van der Waals surface area contributed by atoms with Crippen molar-refractivity contribution < 1.29 is 19.2 Å². The molecule has 2 aromatic rings. The normalized spacial score (nSPS) is 18.4. The number of anilines is 2. The Morgan fingerprint density at radius 2 is 1.70 bits per heavy atom. The van der Waals surface area contributed by atoms with E-state index in [9.17, 15) is 19.2 Å². The molecule has 0 bridgehead atoms. The highest BCUT2D eigenvalue weighted by molar-refractivity contribution is 6.23. The molecule has 1 saturated carbocycles. The SMILES string of the molecule is CC(=O)Nc1ccc(N2C(=O)CC(N(C(=O)Cc3ccccc3)C3CC3)C2=O)cc1. The van der Waals surface area contributed by atoms with Gasteiger partial charge in [0.25, 0.3) is 5.91 Å². The Labute approximate surface area is 174 Å². The first-order valence-electron chi connectivity index (χ1n) is 10.0. The maximum absolute atomic E-state index is 13.2. The van der Waals surface area contributed by atoms with Crippen LogP contribution in [0.15, 0.2) is 54.6 Å². The third-order valence-corrected chi connectivity index (χ3v) is 5.33. The minimum atomic E-state index is -0.767. The van der Waals surface area contributed by atoms with E-state index < -0.39 is 6.04 Å². The van der Waals surface area contributed by atoms with Crippen LogP contribution in [0.5, 0.6) is 0 Å². The van der Waals surface area contributed by atoms with Crippen molar-refractivity contribution in [1.82, 2.24) is 4.90 Å². The summed E-state index contributed by atoms with van der Waals surface area (Å²) in [5.41, 5.74) is 1.91. The van der Waals surface area contributed by atoms with Crippen LogP contribution in [0.2, 0.25) is 0 Å². The second-order valence-electron chi connectivity index (χ2n) is 7.71. The van der Waals surface area contributed by atoms with Gasteiger partial charge in [0.05, 0.1) is 18.5 Å². The number of hydrogen-bond donors (Lipinski definition) is 1. The highest BCUT2D eigenvalue weighted by atomic mass is 16.2. The van der Waals surface area contributed by atoms with E-state index in [1.165, 1.54) is 6.92 Å². The fourth-order valence-corrected chi connectivity index (χ4v) is 3.85. The molecule has 1 atom stereocenters. The average molecular weight is 405 g/mol. The molecule has 1 unspecified atom stereocenters. The molecule has 2 fully saturated rings. The first kappa shape index (κ1) is 19.8. The third-order valence-electron chi connectivity index (χ3n) is 5.33. The summed E-state index contributed by atoms with van der Waals surface area (Å²) >= 11 is 0. The van der Waals surface area contributed by atoms with Crippen LogP contribution in [0.4, 0.5) is 11.4 Å². The second kappa shape index (κ2) is 8.10. The fourth-order valence-electron chi connectivity index (χ4n) is 3.85. The molecule has 30 heavy (non-hydrogen) atoms. The number of amides is 4. The Bertz CT molecular complexity index is 983. The number of imide groups is 1. The lowest BCUT2D eigenvalue weighted by Crippen LogP contribution is -2.47. The molecule has 1 aliphatic heterocycles. The van der Waals surface area contributed by atoms with Crippen molar-refractivity contribution in [2.75, 3.05) is 10.2 Å². The summed E-state index contributed by atoms with van der Waals surface area (Å²) in [6.07, 6.45) is 1.90. The summed E-state index contributed by atoms with van der Waals surface area (Å²) in [4.78, 5) is 52.8. The molecule has 4 amide bonds. The lowest BCUT2D eigenvalue weighted by atomic mass is 10.1. The maximum atomic E-state index is 13.2. The molecule has 154 valence electrons. The van der Waals surface area contributed by atoms with Crippen LogP contribution in [0.25, 0.3) is 0 Å². The number of rotatable bonds is 6. The second-order valence-corrected chi connectivity index (χ2v) is 7.71. The Balaban J connectivity index is 1.53. The van der Waals surface area contributed by atoms with Crippen LogP contribution < -0.4 is 10.2 Å². The molecule has 2 aromatic carbocycles. The van der Waals surface area contributed by atoms with Crippen molar-refractivity contribution in [3.8, 4) is 0 Å². The van der Waals surface area contributed by atoms with E-state index in [1.54, 1.807) is 29.2 Å². The molecular formula is C23H23N3O4. The van der Waals surface area contributed by atoms with Crippen molar-refractivity contribution in [2.24, 2.45) is 0 Å². The summed E-state index contributed by atoms with van der Waals surface area (Å²) in [6.45, 7) is 1.41. The van der Waals surface area contributed by atoms with E-state index in [-0.39, 0.29) is 42.5 Å². The molecule has 7 heteroatoms. The standard InChI is InChI=1S/C23H23N3O4/c1-15(27)24-17-7-9-19(10-8-17)26-22(29)14-20(23(26)30)25(18-11-12-18)21(28)13-16-5-3-2-4-6-16/h2-10,18,20H,11-14H2,1H3,(H,24,27). The lowest BCUT2D eigenvalue weighted by molar-refractivity contribution is -0.138. The number of benzene rings is 2. The van der Waals surface area contributed by atoms with Crippen LogP contribution in [0.1, 0.15) is 31.7 Å². The lowest BCUT2D eigenvalue weighted by Gasteiger charge is -2.27. The monoisotopic (exact) mass is 405 g/mol. The van der Waals surface area contributed by atoms with E-state index >= 15 is 0 Å². The van der Waals surface area contributed by atoms with Crippen molar-refractivity contribution in [1.29, 1.82) is 0 Å². The predicted molar refractivity (Wildman–Crippen MR) is 112 cm³/mol. The van der Waals surface area contributed by atoms with Gasteiger partial charge in [0, 0.05) is 18.7 Å². The van der Waals surface area contributed by atoms with Gasteiger partial charge >= 0.3 is 0 Å². The molecule has 1 N–H and O–H groups in total. The quantitative estimate of drug-likeness (QED) is 0.748. The fraction of sp³-hybridized carbons (Fsp3) is 0.304. The van der Waals surface area contributed by atoms with Gasteiger partial charge in [0.1, 0.15) is 6.04 Å². The van der Waals surface area contributed by atoms with Crippen molar-refractivity contribution in [2.45, 2.75) is 44.7 Å². The molecule has 4 rings (SSSR count). The van der Waals surface area contributed by atoms with Crippen LogP contribution in [0, 0.1) is 0 Å². The number of nitrogens with zero attached hydrogens (tertiary/aromatic N) is 2. The van der Waals surface area contributed by atoms with Gasteiger partial charge in [-0.25, -0.2) is 4.90 Å². The average Bonchev–Trinajstić information content (AvgIpc) is 3.49. The van der Waals surface area contributed by atoms with Gasteiger partial charge in [-0.05, 0) is 42.7 Å². The van der Waals surface area contributed by atoms with Gasteiger partial charge in [-0.1, -0.05) is 30.3 Å². The summed E-state index contributed by atoms with van der Waals surface area (Å²) in [7, 11) is 0. The molecule has 2 aliphatic rings. The number of carbonyl (C=O) groups excluding carboxylic acids is 4. The number of hydrogen-bond acceptors (Lipinski definition) is 4. The largest absolute Gasteiger partial charge is 0.327 e. The molecular weight excluding hydrogens is 382 g/mol. The minimum Gasteiger partial charge on any atom is -0.327 e. The molecule has 0 spiro atoms. The van der Waals surface area contributed by atoms with Crippen LogP contribution in [-0.4, -0.2) is 40.6 Å². The van der Waals surface area contributed by atoms with Gasteiger partial charge in [0.15, 0.2) is 0 Å². The minimum absolute atomic E-state index is 0.0106. The first-order chi connectivity index (χ1) is 14.4. The first-order valence-corrected chi connectivity index (χ1v) is 10.0. The van der Waals surface area contributed by atoms with E-state index in [2.05, 4.69) is 5.32 Å². The van der Waals surface area contributed by atoms with E-state index in [4.69, 9.17) is 0 Å². The molecule has 1 heterocycles. The summed E-state index contributed by atoms with van der Waals surface area (Å²) in [6, 6.07) is 15.2. The Morgan fingerprint density at radius 3 is 2.30 bits per heavy atom. The van der Waals surface area contributed by atoms with E-state index in [0.717, 1.165) is 23.3 Å². The third kappa shape index (κ3) is 4.10. The van der Waals surface area contributed by atoms with Gasteiger partial charge in [-0.15, -0.1) is 0 Å². The highest BCUT2D eigenvalue weighted by Gasteiger charge is 2.48. The van der Waals surface area contributed by atoms with Gasteiger partial charge in [-0.2, -0.15) is 0 Å². The molecule has 1 aliphatic carbocycles. The molecule has 0 radical (unpaired) electrons.